The highest BCUT2D eigenvalue weighted by molar-refractivity contribution is 5.94. The van der Waals surface area contributed by atoms with Crippen molar-refractivity contribution in [2.24, 2.45) is 5.92 Å². The van der Waals surface area contributed by atoms with E-state index in [1.54, 1.807) is 24.3 Å². The summed E-state index contributed by atoms with van der Waals surface area (Å²) in [4.78, 5) is 25.2. The summed E-state index contributed by atoms with van der Waals surface area (Å²) >= 11 is 0. The number of benzene rings is 2. The van der Waals surface area contributed by atoms with E-state index >= 15 is 0 Å². The number of piperidine rings is 1. The third-order valence-corrected chi connectivity index (χ3v) is 4.29. The van der Waals surface area contributed by atoms with Gasteiger partial charge >= 0.3 is 5.97 Å². The van der Waals surface area contributed by atoms with Crippen LogP contribution in [0.5, 0.6) is 11.5 Å². The Bertz CT molecular complexity index is 823. The summed E-state index contributed by atoms with van der Waals surface area (Å²) < 4.78 is 31.6. The Morgan fingerprint density at radius 2 is 1.73 bits per heavy atom. The van der Waals surface area contributed by atoms with Gasteiger partial charge in [-0.05, 0) is 49.2 Å². The minimum Gasteiger partial charge on any atom is -0.481 e. The Hall–Kier alpha value is -2.96. The number of amides is 1. The molecule has 2 aromatic rings. The second-order valence-electron chi connectivity index (χ2n) is 6.13. The number of likely N-dealkylation sites (tertiary alicyclic amines) is 1. The molecule has 0 aromatic heterocycles. The molecule has 1 atom stereocenters. The number of carboxylic acid groups (broad SMARTS) is 1. The number of nitrogens with zero attached hydrogens (tertiary/aromatic N) is 1. The van der Waals surface area contributed by atoms with Gasteiger partial charge in [0.1, 0.15) is 11.5 Å². The van der Waals surface area contributed by atoms with Crippen molar-refractivity contribution in [2.75, 3.05) is 13.1 Å². The first kappa shape index (κ1) is 17.8. The van der Waals surface area contributed by atoms with Gasteiger partial charge in [-0.15, -0.1) is 0 Å². The molecule has 1 heterocycles. The van der Waals surface area contributed by atoms with Crippen LogP contribution in [0.1, 0.15) is 23.2 Å². The van der Waals surface area contributed by atoms with Crippen LogP contribution in [0, 0.1) is 17.6 Å². The SMILES string of the molecule is O=C(O)[C@H]1CCCN(C(=O)c2ccc(Oc3ccc(F)c(F)c3)cc2)C1. The second-order valence-corrected chi connectivity index (χ2v) is 6.13. The summed E-state index contributed by atoms with van der Waals surface area (Å²) in [5.41, 5.74) is 0.411. The Morgan fingerprint density at radius 3 is 2.38 bits per heavy atom. The molecule has 3 rings (SSSR count). The van der Waals surface area contributed by atoms with Gasteiger partial charge in [-0.2, -0.15) is 0 Å². The third kappa shape index (κ3) is 3.99. The maximum Gasteiger partial charge on any atom is 0.308 e. The van der Waals surface area contributed by atoms with Crippen molar-refractivity contribution in [3.8, 4) is 11.5 Å². The van der Waals surface area contributed by atoms with E-state index < -0.39 is 23.5 Å². The van der Waals surface area contributed by atoms with Gasteiger partial charge in [0.15, 0.2) is 11.6 Å². The number of aliphatic carboxylic acids is 1. The van der Waals surface area contributed by atoms with Crippen LogP contribution in [0.3, 0.4) is 0 Å². The number of hydrogen-bond acceptors (Lipinski definition) is 3. The molecule has 1 aliphatic heterocycles. The first-order valence-electron chi connectivity index (χ1n) is 8.19. The molecule has 26 heavy (non-hydrogen) atoms. The maximum absolute atomic E-state index is 13.2. The quantitative estimate of drug-likeness (QED) is 0.902. The van der Waals surface area contributed by atoms with Gasteiger partial charge in [0.25, 0.3) is 5.91 Å². The highest BCUT2D eigenvalue weighted by atomic mass is 19.2. The minimum atomic E-state index is -1.01. The van der Waals surface area contributed by atoms with Crippen LogP contribution in [0.15, 0.2) is 42.5 Å². The van der Waals surface area contributed by atoms with Crippen LogP contribution in [-0.4, -0.2) is 35.0 Å². The molecule has 1 amide bonds. The van der Waals surface area contributed by atoms with Crippen molar-refractivity contribution in [3.05, 3.63) is 59.7 Å². The molecular weight excluding hydrogens is 344 g/mol. The lowest BCUT2D eigenvalue weighted by Crippen LogP contribution is -2.42. The summed E-state index contributed by atoms with van der Waals surface area (Å²) in [6.07, 6.45) is 1.22. The lowest BCUT2D eigenvalue weighted by atomic mass is 9.97. The number of rotatable bonds is 4. The molecule has 0 spiro atoms. The van der Waals surface area contributed by atoms with Crippen LogP contribution in [0.2, 0.25) is 0 Å². The van der Waals surface area contributed by atoms with Crippen molar-refractivity contribution in [1.82, 2.24) is 4.90 Å². The van der Waals surface area contributed by atoms with E-state index in [0.29, 0.717) is 30.7 Å². The predicted molar refractivity (Wildman–Crippen MR) is 89.1 cm³/mol. The van der Waals surface area contributed by atoms with Crippen molar-refractivity contribution in [3.63, 3.8) is 0 Å². The summed E-state index contributed by atoms with van der Waals surface area (Å²) in [5.74, 6) is -3.12. The van der Waals surface area contributed by atoms with Crippen molar-refractivity contribution >= 4 is 11.9 Å². The van der Waals surface area contributed by atoms with Crippen molar-refractivity contribution in [1.29, 1.82) is 0 Å². The third-order valence-electron chi connectivity index (χ3n) is 4.29. The molecule has 0 aliphatic carbocycles. The fourth-order valence-electron chi connectivity index (χ4n) is 2.89. The van der Waals surface area contributed by atoms with E-state index in [4.69, 9.17) is 9.84 Å². The Morgan fingerprint density at radius 1 is 1.04 bits per heavy atom. The summed E-state index contributed by atoms with van der Waals surface area (Å²) in [5, 5.41) is 9.12. The fourth-order valence-corrected chi connectivity index (χ4v) is 2.89. The van der Waals surface area contributed by atoms with E-state index in [1.165, 1.54) is 11.0 Å². The predicted octanol–water partition coefficient (Wildman–Crippen LogP) is 3.69. The smallest absolute Gasteiger partial charge is 0.308 e. The van der Waals surface area contributed by atoms with Crippen LogP contribution in [0.4, 0.5) is 8.78 Å². The molecule has 1 saturated heterocycles. The van der Waals surface area contributed by atoms with Gasteiger partial charge in [0.05, 0.1) is 5.92 Å². The molecule has 136 valence electrons. The monoisotopic (exact) mass is 361 g/mol. The molecule has 7 heteroatoms. The first-order chi connectivity index (χ1) is 12.4. The summed E-state index contributed by atoms with van der Waals surface area (Å²) in [6.45, 7) is 0.719. The maximum atomic E-state index is 13.2. The van der Waals surface area contributed by atoms with Gasteiger partial charge in [0, 0.05) is 24.7 Å². The zero-order valence-corrected chi connectivity index (χ0v) is 13.8. The van der Waals surface area contributed by atoms with Gasteiger partial charge in [0.2, 0.25) is 0 Å². The zero-order chi connectivity index (χ0) is 18.7. The number of carboxylic acids is 1. The van der Waals surface area contributed by atoms with Gasteiger partial charge < -0.3 is 14.7 Å². The number of hydrogen-bond donors (Lipinski definition) is 1. The number of ether oxygens (including phenoxy) is 1. The minimum absolute atomic E-state index is 0.142. The van der Waals surface area contributed by atoms with E-state index in [-0.39, 0.29) is 18.2 Å². The number of halogens is 2. The zero-order valence-electron chi connectivity index (χ0n) is 13.8. The number of carbonyl (C=O) groups is 2. The molecule has 0 unspecified atom stereocenters. The van der Waals surface area contributed by atoms with E-state index in [1.807, 2.05) is 0 Å². The molecule has 0 saturated carbocycles. The largest absolute Gasteiger partial charge is 0.481 e. The summed E-state index contributed by atoms with van der Waals surface area (Å²) in [7, 11) is 0. The molecule has 1 fully saturated rings. The van der Waals surface area contributed by atoms with Gasteiger partial charge in [-0.25, -0.2) is 8.78 Å². The Labute approximate surface area is 148 Å². The molecular formula is C19H17F2NO4. The standard InChI is InChI=1S/C19H17F2NO4/c20-16-8-7-15(10-17(16)21)26-14-5-3-12(4-6-14)18(23)22-9-1-2-13(11-22)19(24)25/h3-8,10,13H,1-2,9,11H2,(H,24,25)/t13-/m0/s1. The topological polar surface area (TPSA) is 66.8 Å². The lowest BCUT2D eigenvalue weighted by molar-refractivity contribution is -0.143. The molecule has 2 aromatic carbocycles. The van der Waals surface area contributed by atoms with Crippen LogP contribution >= 0.6 is 0 Å². The first-order valence-corrected chi connectivity index (χ1v) is 8.19. The average Bonchev–Trinajstić information content (AvgIpc) is 2.65. The molecule has 5 nitrogen and oxygen atoms in total. The highest BCUT2D eigenvalue weighted by Gasteiger charge is 2.28. The number of carbonyl (C=O) groups excluding carboxylic acids is 1. The molecule has 0 radical (unpaired) electrons. The molecule has 0 bridgehead atoms. The summed E-state index contributed by atoms with van der Waals surface area (Å²) in [6, 6.07) is 9.42. The van der Waals surface area contributed by atoms with E-state index in [2.05, 4.69) is 0 Å². The van der Waals surface area contributed by atoms with Crippen molar-refractivity contribution < 1.29 is 28.2 Å². The fraction of sp³-hybridized carbons (Fsp3) is 0.263. The van der Waals surface area contributed by atoms with E-state index in [0.717, 1.165) is 12.1 Å². The van der Waals surface area contributed by atoms with Crippen LogP contribution in [0.25, 0.3) is 0 Å². The van der Waals surface area contributed by atoms with Gasteiger partial charge in [-0.3, -0.25) is 9.59 Å². The van der Waals surface area contributed by atoms with Crippen molar-refractivity contribution in [2.45, 2.75) is 12.8 Å². The lowest BCUT2D eigenvalue weighted by Gasteiger charge is -2.30. The van der Waals surface area contributed by atoms with Crippen LogP contribution in [-0.2, 0) is 4.79 Å². The highest BCUT2D eigenvalue weighted by Crippen LogP contribution is 2.24. The average molecular weight is 361 g/mol. The molecule has 1 N–H and O–H groups in total. The second kappa shape index (κ2) is 7.51. The van der Waals surface area contributed by atoms with E-state index in [9.17, 15) is 18.4 Å². The Kier molecular flexibility index (Phi) is 5.16. The van der Waals surface area contributed by atoms with Gasteiger partial charge in [-0.1, -0.05) is 0 Å². The molecule has 1 aliphatic rings. The normalized spacial score (nSPS) is 17.0. The Balaban J connectivity index is 1.67. The van der Waals surface area contributed by atoms with Crippen LogP contribution < -0.4 is 4.74 Å².